The van der Waals surface area contributed by atoms with Gasteiger partial charge in [-0.1, -0.05) is 163 Å². The summed E-state index contributed by atoms with van der Waals surface area (Å²) < 4.78 is 7.41. The second-order valence-electron chi connectivity index (χ2n) is 12.3. The number of nitrogens with zero attached hydrogens (tertiary/aromatic N) is 3. The molecule has 2 heterocycles. The average molecular weight is 651 g/mol. The molecule has 0 fully saturated rings. The smallest absolute Gasteiger partial charge is 0.342 e. The van der Waals surface area contributed by atoms with Crippen molar-refractivity contribution in [2.45, 2.75) is 117 Å². The second-order valence-corrected chi connectivity index (χ2v) is 13.1. The van der Waals surface area contributed by atoms with Crippen LogP contribution in [0.3, 0.4) is 0 Å². The van der Waals surface area contributed by atoms with E-state index in [2.05, 4.69) is 13.5 Å². The van der Waals surface area contributed by atoms with Crippen LogP contribution in [0.1, 0.15) is 126 Å². The molecule has 7 heteroatoms. The van der Waals surface area contributed by atoms with Crippen LogP contribution in [0.5, 0.6) is 0 Å². The number of ether oxygens (including phenoxy) is 1. The molecule has 0 saturated heterocycles. The van der Waals surface area contributed by atoms with E-state index in [-0.39, 0.29) is 0 Å². The number of carbonyl (C=O) groups excluding carboxylic acids is 1. The van der Waals surface area contributed by atoms with E-state index in [1.165, 1.54) is 83.5 Å². The molecule has 0 saturated carbocycles. The molecule has 0 aliphatic heterocycles. The van der Waals surface area contributed by atoms with Gasteiger partial charge in [-0.25, -0.2) is 14.3 Å². The lowest BCUT2D eigenvalue weighted by molar-refractivity contribution is 0.0500. The molecular weight excluding hydrogens is 601 g/mol. The standard InChI is InChI=1S/C38H49Cl2N3O2/c1-4-5-6-7-8-9-10-11-12-13-14-15-16-17-18-19-26-45-38(44)35-34(32-27-31(39)24-25-33(32)40)29(3)43-37(35)41-36(42-43)30-22-20-28(2)21-23-30/h20-25,27H,3-19,26H2,1-2H3. The summed E-state index contributed by atoms with van der Waals surface area (Å²) in [6.45, 7) is 8.91. The monoisotopic (exact) mass is 649 g/mol. The molecule has 0 amide bonds. The van der Waals surface area contributed by atoms with E-state index >= 15 is 0 Å². The fraction of sp³-hybridized carbons (Fsp3) is 0.500. The first kappa shape index (κ1) is 35.0. The molecule has 0 atom stereocenters. The van der Waals surface area contributed by atoms with Crippen LogP contribution in [0.2, 0.25) is 10.0 Å². The van der Waals surface area contributed by atoms with E-state index in [0.717, 1.165) is 30.4 Å². The largest absolute Gasteiger partial charge is 0.462 e. The highest BCUT2D eigenvalue weighted by molar-refractivity contribution is 6.35. The van der Waals surface area contributed by atoms with Crippen molar-refractivity contribution in [3.05, 3.63) is 69.0 Å². The molecule has 0 unspecified atom stereocenters. The van der Waals surface area contributed by atoms with Crippen molar-refractivity contribution in [3.63, 3.8) is 0 Å². The van der Waals surface area contributed by atoms with Crippen molar-refractivity contribution in [1.82, 2.24) is 14.6 Å². The predicted molar refractivity (Wildman–Crippen MR) is 189 cm³/mol. The van der Waals surface area contributed by atoms with Crippen molar-refractivity contribution < 1.29 is 9.53 Å². The fourth-order valence-electron chi connectivity index (χ4n) is 5.91. The van der Waals surface area contributed by atoms with Crippen molar-refractivity contribution in [3.8, 4) is 22.5 Å². The van der Waals surface area contributed by atoms with Crippen molar-refractivity contribution in [2.24, 2.45) is 0 Å². The summed E-state index contributed by atoms with van der Waals surface area (Å²) in [4.78, 5) is 18.4. The SMILES string of the molecule is C=c1c(-c2cc(Cl)ccc2Cl)c(C(=O)OCCCCCCCCCCCCCCCCCC)c2nc(-c3ccc(C)cc3)nn12. The highest BCUT2D eigenvalue weighted by Gasteiger charge is 2.27. The summed E-state index contributed by atoms with van der Waals surface area (Å²) in [7, 11) is 0. The van der Waals surface area contributed by atoms with Gasteiger partial charge in [0.2, 0.25) is 0 Å². The summed E-state index contributed by atoms with van der Waals surface area (Å²) in [5.41, 5.74) is 3.87. The molecule has 4 rings (SSSR count). The minimum absolute atomic E-state index is 0.312. The number of aromatic nitrogens is 3. The van der Waals surface area contributed by atoms with E-state index in [1.54, 1.807) is 22.7 Å². The lowest BCUT2D eigenvalue weighted by Crippen LogP contribution is -2.12. The first-order valence-corrected chi connectivity index (χ1v) is 17.8. The quantitative estimate of drug-likeness (QED) is 0.0705. The van der Waals surface area contributed by atoms with Gasteiger partial charge in [0.1, 0.15) is 5.56 Å². The maximum atomic E-state index is 13.6. The number of hydrogen-bond donors (Lipinski definition) is 0. The molecule has 45 heavy (non-hydrogen) atoms. The maximum absolute atomic E-state index is 13.6. The summed E-state index contributed by atoms with van der Waals surface area (Å²) in [6, 6.07) is 13.1. The lowest BCUT2D eigenvalue weighted by Gasteiger charge is -2.08. The van der Waals surface area contributed by atoms with Gasteiger partial charge in [-0.15, -0.1) is 5.10 Å². The fourth-order valence-corrected chi connectivity index (χ4v) is 6.29. The number of benzene rings is 2. The summed E-state index contributed by atoms with van der Waals surface area (Å²) >= 11 is 12.9. The Kier molecular flexibility index (Phi) is 14.2. The average Bonchev–Trinajstić information content (AvgIpc) is 3.58. The van der Waals surface area contributed by atoms with Gasteiger partial charge in [-0.3, -0.25) is 0 Å². The van der Waals surface area contributed by atoms with Crippen LogP contribution in [-0.4, -0.2) is 27.2 Å². The molecule has 4 aromatic rings. The van der Waals surface area contributed by atoms with Crippen LogP contribution < -0.4 is 5.35 Å². The third-order valence-electron chi connectivity index (χ3n) is 8.57. The van der Waals surface area contributed by atoms with E-state index in [9.17, 15) is 4.79 Å². The molecule has 5 nitrogen and oxygen atoms in total. The minimum atomic E-state index is -0.454. The highest BCUT2D eigenvalue weighted by Crippen LogP contribution is 2.34. The molecule has 0 spiro atoms. The van der Waals surface area contributed by atoms with Crippen molar-refractivity contribution in [1.29, 1.82) is 0 Å². The van der Waals surface area contributed by atoms with Crippen molar-refractivity contribution in [2.75, 3.05) is 6.61 Å². The van der Waals surface area contributed by atoms with Gasteiger partial charge in [-0.2, -0.15) is 0 Å². The molecule has 2 aromatic heterocycles. The lowest BCUT2D eigenvalue weighted by atomic mass is 10.0. The molecule has 2 aromatic carbocycles. The number of aryl methyl sites for hydroxylation is 1. The first-order chi connectivity index (χ1) is 21.9. The topological polar surface area (TPSA) is 56.5 Å². The molecule has 242 valence electrons. The van der Waals surface area contributed by atoms with Crippen LogP contribution in [0.15, 0.2) is 42.5 Å². The van der Waals surface area contributed by atoms with Gasteiger partial charge in [0.15, 0.2) is 11.5 Å². The number of halogens is 2. The van der Waals surface area contributed by atoms with Gasteiger partial charge in [-0.05, 0) is 31.5 Å². The van der Waals surface area contributed by atoms with Gasteiger partial charge in [0.25, 0.3) is 0 Å². The van der Waals surface area contributed by atoms with Crippen molar-refractivity contribution >= 4 is 41.4 Å². The molecule has 0 bridgehead atoms. The van der Waals surface area contributed by atoms with E-state index in [1.807, 2.05) is 31.2 Å². The summed E-state index contributed by atoms with van der Waals surface area (Å²) in [5.74, 6) is 0.0650. The number of unbranched alkanes of at least 4 members (excludes halogenated alkanes) is 15. The molecular formula is C38H49Cl2N3O2. The number of hydrogen-bond acceptors (Lipinski definition) is 4. The zero-order valence-corrected chi connectivity index (χ0v) is 28.7. The van der Waals surface area contributed by atoms with Gasteiger partial charge < -0.3 is 4.74 Å². The van der Waals surface area contributed by atoms with E-state index in [4.69, 9.17) is 38.0 Å². The second kappa shape index (κ2) is 18.3. The zero-order chi connectivity index (χ0) is 32.0. The van der Waals surface area contributed by atoms with Gasteiger partial charge in [0, 0.05) is 26.7 Å². The van der Waals surface area contributed by atoms with Crippen LogP contribution in [-0.2, 0) is 4.74 Å². The number of carbonyl (C=O) groups is 1. The number of rotatable bonds is 20. The Morgan fingerprint density at radius 3 is 1.93 bits per heavy atom. The number of esters is 1. The van der Waals surface area contributed by atoms with E-state index in [0.29, 0.717) is 50.2 Å². The Morgan fingerprint density at radius 1 is 0.800 bits per heavy atom. The summed E-state index contributed by atoms with van der Waals surface area (Å²) in [5, 5.41) is 6.17. The van der Waals surface area contributed by atoms with Crippen LogP contribution in [0, 0.1) is 6.92 Å². The zero-order valence-electron chi connectivity index (χ0n) is 27.2. The Balaban J connectivity index is 1.27. The molecule has 0 radical (unpaired) electrons. The Labute approximate surface area is 279 Å². The molecule has 0 aliphatic rings. The summed E-state index contributed by atoms with van der Waals surface area (Å²) in [6.07, 6.45) is 20.7. The van der Waals surface area contributed by atoms with Crippen LogP contribution in [0.25, 0.3) is 34.7 Å². The molecule has 0 aliphatic carbocycles. The number of fused-ring (bicyclic) bond motifs is 1. The minimum Gasteiger partial charge on any atom is -0.462 e. The third-order valence-corrected chi connectivity index (χ3v) is 9.13. The Hall–Kier alpha value is -2.89. The highest BCUT2D eigenvalue weighted by atomic mass is 35.5. The Morgan fingerprint density at radius 2 is 1.36 bits per heavy atom. The van der Waals surface area contributed by atoms with Gasteiger partial charge >= 0.3 is 5.97 Å². The van der Waals surface area contributed by atoms with Gasteiger partial charge in [0.05, 0.1) is 12.0 Å². The predicted octanol–water partition coefficient (Wildman–Crippen LogP) is 11.2. The molecule has 0 N–H and O–H groups in total. The van der Waals surface area contributed by atoms with Crippen LogP contribution in [0.4, 0.5) is 0 Å². The first-order valence-electron chi connectivity index (χ1n) is 17.0. The third kappa shape index (κ3) is 10.0. The van der Waals surface area contributed by atoms with Crippen LogP contribution >= 0.6 is 23.2 Å². The normalized spacial score (nSPS) is 11.5. The Bertz CT molecular complexity index is 1550. The maximum Gasteiger partial charge on any atom is 0.342 e. The van der Waals surface area contributed by atoms with E-state index < -0.39 is 5.97 Å².